The highest BCUT2D eigenvalue weighted by Gasteiger charge is 2.12. The highest BCUT2D eigenvalue weighted by Crippen LogP contribution is 2.22. The minimum atomic E-state index is -0.264. The second-order valence-electron chi connectivity index (χ2n) is 4.82. The van der Waals surface area contributed by atoms with Crippen LogP contribution < -0.4 is 5.69 Å². The fourth-order valence-corrected chi connectivity index (χ4v) is 2.36. The van der Waals surface area contributed by atoms with Crippen LogP contribution in [0.1, 0.15) is 5.56 Å². The molecule has 0 fully saturated rings. The molecule has 0 unspecified atom stereocenters. The third-order valence-electron chi connectivity index (χ3n) is 3.46. The number of hydrogen-bond donors (Lipinski definition) is 2. The van der Waals surface area contributed by atoms with Gasteiger partial charge in [0.2, 0.25) is 0 Å². The third kappa shape index (κ3) is 2.51. The molecule has 2 N–H and O–H groups in total. The Labute approximate surface area is 126 Å². The van der Waals surface area contributed by atoms with Crippen molar-refractivity contribution in [2.75, 3.05) is 13.7 Å². The summed E-state index contributed by atoms with van der Waals surface area (Å²) in [7, 11) is 1.58. The number of fused-ring (bicyclic) bond motifs is 1. The van der Waals surface area contributed by atoms with Gasteiger partial charge in [-0.1, -0.05) is 24.3 Å². The maximum Gasteiger partial charge on any atom is 0.328 e. The number of methoxy groups -OCH3 is 1. The van der Waals surface area contributed by atoms with E-state index in [2.05, 4.69) is 15.0 Å². The van der Waals surface area contributed by atoms with E-state index in [0.29, 0.717) is 30.1 Å². The molecular weight excluding hydrogens is 284 g/mol. The molecule has 1 aromatic carbocycles. The first-order chi connectivity index (χ1) is 10.7. The van der Waals surface area contributed by atoms with Gasteiger partial charge >= 0.3 is 5.69 Å². The summed E-state index contributed by atoms with van der Waals surface area (Å²) >= 11 is 0. The van der Waals surface area contributed by atoms with Gasteiger partial charge in [0.15, 0.2) is 11.3 Å². The zero-order valence-electron chi connectivity index (χ0n) is 12.1. The molecule has 2 aromatic heterocycles. The first-order valence-electron chi connectivity index (χ1n) is 6.88. The van der Waals surface area contributed by atoms with Crippen LogP contribution in [0.25, 0.3) is 22.6 Å². The lowest BCUT2D eigenvalue weighted by molar-refractivity contribution is 0.187. The standard InChI is InChI=1S/C15H16N4O3/c1-22-7-6-19-14-13(18-15(19)21)17-12(8-16-14)11-5-3-2-4-10(11)9-20/h2-5,8,20H,6-7,9H2,1H3,(H,17,18,21). The van der Waals surface area contributed by atoms with E-state index in [1.807, 2.05) is 24.3 Å². The summed E-state index contributed by atoms with van der Waals surface area (Å²) in [4.78, 5) is 23.4. The summed E-state index contributed by atoms with van der Waals surface area (Å²) < 4.78 is 6.49. The molecule has 114 valence electrons. The average molecular weight is 300 g/mol. The molecule has 7 heteroatoms. The molecule has 0 amide bonds. The summed E-state index contributed by atoms with van der Waals surface area (Å²) in [6.07, 6.45) is 1.60. The maximum atomic E-state index is 11.9. The number of nitrogens with zero attached hydrogens (tertiary/aromatic N) is 3. The molecule has 2 heterocycles. The Balaban J connectivity index is 2.09. The van der Waals surface area contributed by atoms with Gasteiger partial charge in [-0.3, -0.25) is 9.55 Å². The highest BCUT2D eigenvalue weighted by atomic mass is 16.5. The lowest BCUT2D eigenvalue weighted by Crippen LogP contribution is -2.19. The largest absolute Gasteiger partial charge is 0.392 e. The quantitative estimate of drug-likeness (QED) is 0.731. The van der Waals surface area contributed by atoms with Crippen molar-refractivity contribution in [2.45, 2.75) is 13.2 Å². The summed E-state index contributed by atoms with van der Waals surface area (Å²) in [5.74, 6) is 0. The monoisotopic (exact) mass is 300 g/mol. The van der Waals surface area contributed by atoms with Crippen molar-refractivity contribution in [3.8, 4) is 11.3 Å². The normalized spacial score (nSPS) is 11.2. The van der Waals surface area contributed by atoms with Gasteiger partial charge in [0.05, 0.1) is 31.6 Å². The van der Waals surface area contributed by atoms with Crippen molar-refractivity contribution in [3.63, 3.8) is 0 Å². The summed E-state index contributed by atoms with van der Waals surface area (Å²) in [6, 6.07) is 7.41. The van der Waals surface area contributed by atoms with Crippen LogP contribution >= 0.6 is 0 Å². The number of benzene rings is 1. The Hall–Kier alpha value is -2.51. The van der Waals surface area contributed by atoms with Gasteiger partial charge in [-0.25, -0.2) is 14.8 Å². The predicted molar refractivity (Wildman–Crippen MR) is 81.4 cm³/mol. The molecule has 0 spiro atoms. The van der Waals surface area contributed by atoms with Crippen LogP contribution in [-0.2, 0) is 17.9 Å². The minimum absolute atomic E-state index is 0.0821. The number of aliphatic hydroxyl groups excluding tert-OH is 1. The van der Waals surface area contributed by atoms with Gasteiger partial charge in [-0.2, -0.15) is 0 Å². The van der Waals surface area contributed by atoms with E-state index < -0.39 is 0 Å². The van der Waals surface area contributed by atoms with E-state index >= 15 is 0 Å². The summed E-state index contributed by atoms with van der Waals surface area (Å²) in [5.41, 5.74) is 2.82. The van der Waals surface area contributed by atoms with E-state index in [0.717, 1.165) is 11.1 Å². The smallest absolute Gasteiger partial charge is 0.328 e. The van der Waals surface area contributed by atoms with Crippen LogP contribution in [0.2, 0.25) is 0 Å². The highest BCUT2D eigenvalue weighted by molar-refractivity contribution is 5.72. The van der Waals surface area contributed by atoms with Crippen molar-refractivity contribution in [3.05, 3.63) is 46.5 Å². The van der Waals surface area contributed by atoms with E-state index in [1.165, 1.54) is 4.57 Å². The third-order valence-corrected chi connectivity index (χ3v) is 3.46. The number of aromatic amines is 1. The number of imidazole rings is 1. The Morgan fingerprint density at radius 3 is 2.95 bits per heavy atom. The topological polar surface area (TPSA) is 93.0 Å². The fourth-order valence-electron chi connectivity index (χ4n) is 2.36. The second kappa shape index (κ2) is 6.08. The van der Waals surface area contributed by atoms with Gasteiger partial charge in [0, 0.05) is 12.7 Å². The summed E-state index contributed by atoms with van der Waals surface area (Å²) in [6.45, 7) is 0.751. The molecule has 0 radical (unpaired) electrons. The molecule has 3 rings (SSSR count). The number of hydrogen-bond acceptors (Lipinski definition) is 5. The van der Waals surface area contributed by atoms with E-state index in [4.69, 9.17) is 4.74 Å². The zero-order valence-corrected chi connectivity index (χ0v) is 12.1. The molecule has 0 aliphatic heterocycles. The van der Waals surface area contributed by atoms with Crippen molar-refractivity contribution in [1.29, 1.82) is 0 Å². The van der Waals surface area contributed by atoms with Crippen LogP contribution in [0.15, 0.2) is 35.3 Å². The van der Waals surface area contributed by atoms with Crippen LogP contribution in [0.4, 0.5) is 0 Å². The predicted octanol–water partition coefficient (Wildman–Crippen LogP) is 0.925. The lowest BCUT2D eigenvalue weighted by Gasteiger charge is -2.06. The molecule has 0 atom stereocenters. The molecule has 0 saturated heterocycles. The molecule has 3 aromatic rings. The van der Waals surface area contributed by atoms with Crippen molar-refractivity contribution in [2.24, 2.45) is 0 Å². The SMILES string of the molecule is COCCn1c(=O)[nH]c2nc(-c3ccccc3CO)cnc21. The van der Waals surface area contributed by atoms with Gasteiger partial charge in [0.25, 0.3) is 0 Å². The number of H-pyrrole nitrogens is 1. The number of aliphatic hydroxyl groups is 1. The molecular formula is C15H16N4O3. The van der Waals surface area contributed by atoms with Crippen LogP contribution in [0.5, 0.6) is 0 Å². The van der Waals surface area contributed by atoms with E-state index in [1.54, 1.807) is 13.3 Å². The number of nitrogens with one attached hydrogen (secondary N) is 1. The fraction of sp³-hybridized carbons (Fsp3) is 0.267. The molecule has 0 aliphatic carbocycles. The number of aromatic nitrogens is 4. The Morgan fingerprint density at radius 1 is 1.36 bits per heavy atom. The lowest BCUT2D eigenvalue weighted by atomic mass is 10.1. The van der Waals surface area contributed by atoms with Crippen molar-refractivity contribution < 1.29 is 9.84 Å². The summed E-state index contributed by atoms with van der Waals surface area (Å²) in [5, 5.41) is 9.41. The first kappa shape index (κ1) is 14.4. The average Bonchev–Trinajstić information content (AvgIpc) is 2.87. The first-order valence-corrected chi connectivity index (χ1v) is 6.88. The van der Waals surface area contributed by atoms with Crippen molar-refractivity contribution >= 4 is 11.3 Å². The van der Waals surface area contributed by atoms with Crippen LogP contribution in [0, 0.1) is 0 Å². The second-order valence-corrected chi connectivity index (χ2v) is 4.82. The number of rotatable bonds is 5. The van der Waals surface area contributed by atoms with Gasteiger partial charge < -0.3 is 9.84 Å². The van der Waals surface area contributed by atoms with Gasteiger partial charge in [0.1, 0.15) is 0 Å². The van der Waals surface area contributed by atoms with Gasteiger partial charge in [-0.05, 0) is 5.56 Å². The molecule has 22 heavy (non-hydrogen) atoms. The van der Waals surface area contributed by atoms with Gasteiger partial charge in [-0.15, -0.1) is 0 Å². The zero-order chi connectivity index (χ0) is 15.5. The number of ether oxygens (including phenoxy) is 1. The van der Waals surface area contributed by atoms with E-state index in [-0.39, 0.29) is 12.3 Å². The van der Waals surface area contributed by atoms with Crippen LogP contribution in [0.3, 0.4) is 0 Å². The Kier molecular flexibility index (Phi) is 3.99. The molecule has 7 nitrogen and oxygen atoms in total. The molecule has 0 bridgehead atoms. The van der Waals surface area contributed by atoms with E-state index in [9.17, 15) is 9.90 Å². The van der Waals surface area contributed by atoms with Crippen LogP contribution in [-0.4, -0.2) is 38.3 Å². The maximum absolute atomic E-state index is 11.9. The molecule has 0 saturated carbocycles. The Bertz CT molecular complexity index is 853. The molecule has 0 aliphatic rings. The Morgan fingerprint density at radius 2 is 2.18 bits per heavy atom. The van der Waals surface area contributed by atoms with Crippen molar-refractivity contribution in [1.82, 2.24) is 19.5 Å². The minimum Gasteiger partial charge on any atom is -0.392 e.